The SMILES string of the molecule is CCN1CCN(c2ccc(C(=O)N3CCCC(c4n[nH]c(=S)n4C)C3)cc2F)CC1. The molecule has 162 valence electrons. The van der Waals surface area contributed by atoms with Crippen LogP contribution in [0.25, 0.3) is 0 Å². The molecule has 1 aromatic carbocycles. The van der Waals surface area contributed by atoms with Crippen LogP contribution in [0, 0.1) is 10.6 Å². The van der Waals surface area contributed by atoms with Crippen LogP contribution in [0.2, 0.25) is 0 Å². The third kappa shape index (κ3) is 4.13. The van der Waals surface area contributed by atoms with Crippen LogP contribution in [0.15, 0.2) is 18.2 Å². The fourth-order valence-corrected chi connectivity index (χ4v) is 4.62. The highest BCUT2D eigenvalue weighted by Gasteiger charge is 2.29. The van der Waals surface area contributed by atoms with Gasteiger partial charge in [0.15, 0.2) is 4.77 Å². The standard InChI is InChI=1S/C21H29FN6OS/c1-3-26-9-11-27(12-10-26)18-7-6-15(13-17(18)22)20(29)28-8-4-5-16(14-28)19-23-24-21(30)25(19)2/h6-7,13,16H,3-5,8-12,14H2,1-2H3,(H,24,30). The molecule has 1 atom stereocenters. The molecule has 2 saturated heterocycles. The van der Waals surface area contributed by atoms with Crippen molar-refractivity contribution < 1.29 is 9.18 Å². The molecule has 7 nitrogen and oxygen atoms in total. The Morgan fingerprint density at radius 3 is 2.67 bits per heavy atom. The predicted molar refractivity (Wildman–Crippen MR) is 117 cm³/mol. The zero-order valence-corrected chi connectivity index (χ0v) is 18.4. The molecule has 0 spiro atoms. The van der Waals surface area contributed by atoms with E-state index in [1.807, 2.05) is 11.6 Å². The second kappa shape index (κ2) is 8.85. The fraction of sp³-hybridized carbons (Fsp3) is 0.571. The zero-order valence-electron chi connectivity index (χ0n) is 17.6. The fourth-order valence-electron chi connectivity index (χ4n) is 4.48. The number of carbonyl (C=O) groups is 1. The number of aromatic nitrogens is 3. The Balaban J connectivity index is 1.46. The monoisotopic (exact) mass is 432 g/mol. The molecule has 0 bridgehead atoms. The van der Waals surface area contributed by atoms with Crippen LogP contribution in [-0.4, -0.2) is 76.3 Å². The topological polar surface area (TPSA) is 60.4 Å². The maximum Gasteiger partial charge on any atom is 0.253 e. The summed E-state index contributed by atoms with van der Waals surface area (Å²) in [6.07, 6.45) is 1.84. The molecule has 2 aliphatic rings. The Hall–Kier alpha value is -2.26. The number of piperazine rings is 1. The summed E-state index contributed by atoms with van der Waals surface area (Å²) in [4.78, 5) is 19.3. The minimum Gasteiger partial charge on any atom is -0.367 e. The summed E-state index contributed by atoms with van der Waals surface area (Å²) in [6, 6.07) is 4.90. The van der Waals surface area contributed by atoms with Gasteiger partial charge in [0.05, 0.1) is 5.69 Å². The number of H-pyrrole nitrogens is 1. The van der Waals surface area contributed by atoms with Crippen molar-refractivity contribution >= 4 is 23.8 Å². The number of hydrogen-bond acceptors (Lipinski definition) is 5. The Morgan fingerprint density at radius 2 is 2.03 bits per heavy atom. The van der Waals surface area contributed by atoms with E-state index in [2.05, 4.69) is 26.9 Å². The molecule has 9 heteroatoms. The molecular formula is C21H29FN6OS. The number of hydrogen-bond donors (Lipinski definition) is 1. The van der Waals surface area contributed by atoms with Crippen molar-refractivity contribution in [1.82, 2.24) is 24.6 Å². The number of anilines is 1. The molecule has 2 fully saturated rings. The zero-order chi connectivity index (χ0) is 21.3. The number of carbonyl (C=O) groups excluding carboxylic acids is 1. The number of nitrogens with zero attached hydrogens (tertiary/aromatic N) is 5. The van der Waals surface area contributed by atoms with Crippen molar-refractivity contribution in [2.75, 3.05) is 50.7 Å². The summed E-state index contributed by atoms with van der Waals surface area (Å²) in [5.74, 6) is 0.538. The second-order valence-corrected chi connectivity index (χ2v) is 8.51. The Morgan fingerprint density at radius 1 is 1.27 bits per heavy atom. The molecule has 2 aromatic rings. The first kappa shape index (κ1) is 21.0. The summed E-state index contributed by atoms with van der Waals surface area (Å²) in [5, 5.41) is 7.15. The third-order valence-corrected chi connectivity index (χ3v) is 6.71. The van der Waals surface area contributed by atoms with E-state index in [4.69, 9.17) is 12.2 Å². The van der Waals surface area contributed by atoms with Gasteiger partial charge in [-0.3, -0.25) is 9.89 Å². The molecule has 4 rings (SSSR count). The lowest BCUT2D eigenvalue weighted by atomic mass is 9.96. The quantitative estimate of drug-likeness (QED) is 0.753. The molecule has 0 saturated carbocycles. The van der Waals surface area contributed by atoms with Gasteiger partial charge in [-0.15, -0.1) is 0 Å². The number of halogens is 1. The number of nitrogens with one attached hydrogen (secondary N) is 1. The van der Waals surface area contributed by atoms with Crippen LogP contribution < -0.4 is 4.90 Å². The maximum atomic E-state index is 14.9. The van der Waals surface area contributed by atoms with Gasteiger partial charge in [-0.2, -0.15) is 5.10 Å². The summed E-state index contributed by atoms with van der Waals surface area (Å²) in [5.41, 5.74) is 0.986. The highest BCUT2D eigenvalue weighted by atomic mass is 32.1. The molecule has 1 aromatic heterocycles. The van der Waals surface area contributed by atoms with Crippen LogP contribution in [0.1, 0.15) is 41.9 Å². The number of likely N-dealkylation sites (N-methyl/N-ethyl adjacent to an activating group) is 1. The molecule has 0 aliphatic carbocycles. The van der Waals surface area contributed by atoms with E-state index in [9.17, 15) is 9.18 Å². The average molecular weight is 433 g/mol. The smallest absolute Gasteiger partial charge is 0.253 e. The molecule has 30 heavy (non-hydrogen) atoms. The molecule has 1 amide bonds. The van der Waals surface area contributed by atoms with E-state index in [1.165, 1.54) is 6.07 Å². The van der Waals surface area contributed by atoms with Gasteiger partial charge in [0.25, 0.3) is 5.91 Å². The van der Waals surface area contributed by atoms with Crippen LogP contribution in [0.4, 0.5) is 10.1 Å². The maximum absolute atomic E-state index is 14.9. The predicted octanol–water partition coefficient (Wildman–Crippen LogP) is 2.78. The lowest BCUT2D eigenvalue weighted by Gasteiger charge is -2.36. The van der Waals surface area contributed by atoms with E-state index >= 15 is 0 Å². The summed E-state index contributed by atoms with van der Waals surface area (Å²) < 4.78 is 17.3. The Labute approximate surface area is 181 Å². The van der Waals surface area contributed by atoms with Crippen molar-refractivity contribution in [3.05, 3.63) is 40.2 Å². The van der Waals surface area contributed by atoms with Crippen LogP contribution in [0.5, 0.6) is 0 Å². The van der Waals surface area contributed by atoms with Crippen LogP contribution >= 0.6 is 12.2 Å². The summed E-state index contributed by atoms with van der Waals surface area (Å²) >= 11 is 5.21. The van der Waals surface area contributed by atoms with Crippen molar-refractivity contribution in [2.45, 2.75) is 25.7 Å². The highest BCUT2D eigenvalue weighted by molar-refractivity contribution is 7.71. The van der Waals surface area contributed by atoms with Crippen molar-refractivity contribution in [3.8, 4) is 0 Å². The third-order valence-electron chi connectivity index (χ3n) is 6.34. The molecule has 2 aliphatic heterocycles. The van der Waals surface area contributed by atoms with E-state index < -0.39 is 0 Å². The van der Waals surface area contributed by atoms with Gasteiger partial charge >= 0.3 is 0 Å². The molecule has 0 radical (unpaired) electrons. The highest BCUT2D eigenvalue weighted by Crippen LogP contribution is 2.28. The molecule has 3 heterocycles. The number of likely N-dealkylation sites (tertiary alicyclic amines) is 1. The first-order valence-electron chi connectivity index (χ1n) is 10.6. The van der Waals surface area contributed by atoms with E-state index in [-0.39, 0.29) is 17.6 Å². The summed E-state index contributed by atoms with van der Waals surface area (Å²) in [6.45, 7) is 7.87. The number of benzene rings is 1. The Kier molecular flexibility index (Phi) is 6.19. The number of amides is 1. The lowest BCUT2D eigenvalue weighted by molar-refractivity contribution is 0.0703. The Bertz CT molecular complexity index is 965. The minimum atomic E-state index is -0.325. The molecular weight excluding hydrogens is 403 g/mol. The average Bonchev–Trinajstić information content (AvgIpc) is 3.11. The summed E-state index contributed by atoms with van der Waals surface area (Å²) in [7, 11) is 1.89. The largest absolute Gasteiger partial charge is 0.367 e. The van der Waals surface area contributed by atoms with Gasteiger partial charge in [-0.25, -0.2) is 4.39 Å². The van der Waals surface area contributed by atoms with Crippen LogP contribution in [-0.2, 0) is 7.05 Å². The second-order valence-electron chi connectivity index (χ2n) is 8.12. The van der Waals surface area contributed by atoms with Gasteiger partial charge in [-0.05, 0) is 49.8 Å². The van der Waals surface area contributed by atoms with E-state index in [0.29, 0.717) is 29.1 Å². The van der Waals surface area contributed by atoms with Crippen molar-refractivity contribution in [2.24, 2.45) is 7.05 Å². The van der Waals surface area contributed by atoms with Crippen molar-refractivity contribution in [1.29, 1.82) is 0 Å². The van der Waals surface area contributed by atoms with Gasteiger partial charge in [-0.1, -0.05) is 6.92 Å². The number of aromatic amines is 1. The van der Waals surface area contributed by atoms with E-state index in [1.54, 1.807) is 17.0 Å². The van der Waals surface area contributed by atoms with Crippen LogP contribution in [0.3, 0.4) is 0 Å². The molecule has 1 N–H and O–H groups in total. The van der Waals surface area contributed by atoms with Gasteiger partial charge in [0, 0.05) is 57.8 Å². The van der Waals surface area contributed by atoms with Gasteiger partial charge in [0.1, 0.15) is 11.6 Å². The van der Waals surface area contributed by atoms with E-state index in [0.717, 1.165) is 51.4 Å². The van der Waals surface area contributed by atoms with Gasteiger partial charge in [0.2, 0.25) is 0 Å². The van der Waals surface area contributed by atoms with Gasteiger partial charge < -0.3 is 19.3 Å². The normalized spacial score (nSPS) is 20.6. The van der Waals surface area contributed by atoms with Crippen molar-refractivity contribution in [3.63, 3.8) is 0 Å². The lowest BCUT2D eigenvalue weighted by Crippen LogP contribution is -2.46. The number of rotatable bonds is 4. The number of piperidine rings is 1. The first-order valence-corrected chi connectivity index (χ1v) is 11.1. The minimum absolute atomic E-state index is 0.125. The molecule has 1 unspecified atom stereocenters. The first-order chi connectivity index (χ1) is 14.5.